The molecule has 3 saturated carbocycles. The summed E-state index contributed by atoms with van der Waals surface area (Å²) >= 11 is 0. The molecule has 0 aliphatic heterocycles. The lowest BCUT2D eigenvalue weighted by atomic mass is 9.47. The second-order valence-electron chi connectivity index (χ2n) is 11.5. The van der Waals surface area contributed by atoms with Crippen molar-refractivity contribution >= 4 is 11.8 Å². The summed E-state index contributed by atoms with van der Waals surface area (Å²) < 4.78 is 5.57. The van der Waals surface area contributed by atoms with Gasteiger partial charge in [-0.25, -0.2) is 9.78 Å². The molecule has 0 aromatic rings. The number of carbonyl (C=O) groups is 2. The van der Waals surface area contributed by atoms with Gasteiger partial charge in [-0.2, -0.15) is 0 Å². The molecule has 0 aromatic heterocycles. The van der Waals surface area contributed by atoms with Crippen LogP contribution in [-0.2, 0) is 24.1 Å². The highest BCUT2D eigenvalue weighted by atomic mass is 17.2. The lowest BCUT2D eigenvalue weighted by Crippen LogP contribution is -2.55. The molecule has 168 valence electrons. The minimum absolute atomic E-state index is 0.0514. The van der Waals surface area contributed by atoms with Gasteiger partial charge in [0.15, 0.2) is 0 Å². The Morgan fingerprint density at radius 2 is 1.73 bits per heavy atom. The highest BCUT2D eigenvalue weighted by Crippen LogP contribution is 2.64. The number of ether oxygens (including phenoxy) is 1. The van der Waals surface area contributed by atoms with Crippen LogP contribution in [0, 0.1) is 28.6 Å². The molecule has 4 aliphatic carbocycles. The summed E-state index contributed by atoms with van der Waals surface area (Å²) in [5.74, 6) is 1.32. The molecule has 30 heavy (non-hydrogen) atoms. The van der Waals surface area contributed by atoms with E-state index in [1.165, 1.54) is 12.5 Å². The molecule has 0 radical (unpaired) electrons. The van der Waals surface area contributed by atoms with Gasteiger partial charge in [0.05, 0.1) is 5.60 Å². The number of carbonyl (C=O) groups excluding carboxylic acids is 2. The second kappa shape index (κ2) is 7.44. The molecule has 5 nitrogen and oxygen atoms in total. The maximum atomic E-state index is 12.8. The minimum atomic E-state index is -0.398. The molecule has 5 heteroatoms. The van der Waals surface area contributed by atoms with Gasteiger partial charge in [0.25, 0.3) is 0 Å². The Morgan fingerprint density at radius 1 is 1.07 bits per heavy atom. The topological polar surface area (TPSA) is 61.8 Å². The fraction of sp³-hybridized carbons (Fsp3) is 0.840. The molecule has 0 amide bonds. The number of Topliss-reactive ketones (excluding diaryl/α,β-unsaturated/α-hetero) is 1. The fourth-order valence-corrected chi connectivity index (χ4v) is 6.99. The minimum Gasteiger partial charge on any atom is -0.462 e. The number of rotatable bonds is 3. The van der Waals surface area contributed by atoms with Crippen LogP contribution in [0.1, 0.15) is 86.5 Å². The molecule has 3 fully saturated rings. The van der Waals surface area contributed by atoms with Crippen molar-refractivity contribution < 1.29 is 24.1 Å². The standard InChI is InChI=1S/C25H38O5/c1-15(26)28-17-9-11-24(5)16(13-17)14-20(29-30-23(2,3)4)22-18-7-8-21(27)25(18,6)12-10-19(22)24/h14,17-20,22H,7-13H2,1-6H3/t17-,18-,19-,20+,22-,24-,25-/m0/s1. The van der Waals surface area contributed by atoms with Crippen LogP contribution in [0.3, 0.4) is 0 Å². The number of hydrogen-bond donors (Lipinski definition) is 0. The number of fused-ring (bicyclic) bond motifs is 5. The van der Waals surface area contributed by atoms with Crippen molar-refractivity contribution in [3.63, 3.8) is 0 Å². The van der Waals surface area contributed by atoms with Crippen LogP contribution in [0.2, 0.25) is 0 Å². The smallest absolute Gasteiger partial charge is 0.302 e. The highest BCUT2D eigenvalue weighted by molar-refractivity contribution is 5.87. The van der Waals surface area contributed by atoms with Crippen LogP contribution < -0.4 is 0 Å². The molecule has 0 N–H and O–H groups in total. The molecule has 0 bridgehead atoms. The lowest BCUT2D eigenvalue weighted by molar-refractivity contribution is -0.380. The van der Waals surface area contributed by atoms with E-state index >= 15 is 0 Å². The summed E-state index contributed by atoms with van der Waals surface area (Å²) in [4.78, 5) is 36.3. The van der Waals surface area contributed by atoms with Gasteiger partial charge in [0.1, 0.15) is 18.0 Å². The van der Waals surface area contributed by atoms with Crippen LogP contribution in [0.15, 0.2) is 11.6 Å². The Bertz CT molecular complexity index is 749. The molecular formula is C25H38O5. The van der Waals surface area contributed by atoms with E-state index < -0.39 is 5.60 Å². The molecule has 4 aliphatic rings. The van der Waals surface area contributed by atoms with Crippen LogP contribution >= 0.6 is 0 Å². The third kappa shape index (κ3) is 3.66. The molecule has 0 saturated heterocycles. The Labute approximate surface area is 180 Å². The van der Waals surface area contributed by atoms with E-state index in [2.05, 4.69) is 19.9 Å². The summed E-state index contributed by atoms with van der Waals surface area (Å²) in [6.45, 7) is 12.0. The Balaban J connectivity index is 1.69. The summed E-state index contributed by atoms with van der Waals surface area (Å²) in [5, 5.41) is 0. The van der Waals surface area contributed by atoms with Gasteiger partial charge in [-0.05, 0) is 76.0 Å². The quantitative estimate of drug-likeness (QED) is 0.274. The third-order valence-corrected chi connectivity index (χ3v) is 8.51. The maximum Gasteiger partial charge on any atom is 0.302 e. The van der Waals surface area contributed by atoms with Gasteiger partial charge in [-0.15, -0.1) is 0 Å². The van der Waals surface area contributed by atoms with E-state index in [-0.39, 0.29) is 34.9 Å². The van der Waals surface area contributed by atoms with Crippen molar-refractivity contribution in [3.8, 4) is 0 Å². The number of hydrogen-bond acceptors (Lipinski definition) is 5. The van der Waals surface area contributed by atoms with Gasteiger partial charge in [-0.1, -0.05) is 25.5 Å². The first-order chi connectivity index (χ1) is 13.9. The fourth-order valence-electron chi connectivity index (χ4n) is 6.99. The lowest BCUT2D eigenvalue weighted by Gasteiger charge is -2.58. The summed E-state index contributed by atoms with van der Waals surface area (Å²) in [5.41, 5.74) is 0.805. The van der Waals surface area contributed by atoms with E-state index in [0.717, 1.165) is 38.5 Å². The average Bonchev–Trinajstić information content (AvgIpc) is 2.94. The molecule has 4 rings (SSSR count). The largest absolute Gasteiger partial charge is 0.462 e. The molecule has 0 unspecified atom stereocenters. The zero-order chi connectivity index (χ0) is 21.9. The SMILES string of the molecule is CC(=O)O[C@H]1CC[C@@]2(C)C(=C[C@@H](OOC(C)(C)C)[C@@H]3[C@@H]2CC[C@]2(C)C(=O)CC[C@@H]32)C1. The van der Waals surface area contributed by atoms with Crippen LogP contribution in [0.4, 0.5) is 0 Å². The molecule has 0 spiro atoms. The van der Waals surface area contributed by atoms with E-state index in [1.54, 1.807) is 0 Å². The van der Waals surface area contributed by atoms with E-state index in [0.29, 0.717) is 24.0 Å². The normalized spacial score (nSPS) is 43.3. The average molecular weight is 419 g/mol. The van der Waals surface area contributed by atoms with Crippen LogP contribution in [-0.4, -0.2) is 29.6 Å². The summed E-state index contributed by atoms with van der Waals surface area (Å²) in [6, 6.07) is 0. The van der Waals surface area contributed by atoms with Gasteiger partial charge in [-0.3, -0.25) is 9.59 Å². The van der Waals surface area contributed by atoms with Gasteiger partial charge < -0.3 is 4.74 Å². The zero-order valence-corrected chi connectivity index (χ0v) is 19.5. The van der Waals surface area contributed by atoms with E-state index in [9.17, 15) is 9.59 Å². The van der Waals surface area contributed by atoms with Gasteiger partial charge in [0.2, 0.25) is 0 Å². The maximum absolute atomic E-state index is 12.8. The van der Waals surface area contributed by atoms with Crippen LogP contribution in [0.5, 0.6) is 0 Å². The van der Waals surface area contributed by atoms with E-state index in [4.69, 9.17) is 14.5 Å². The first-order valence-electron chi connectivity index (χ1n) is 11.7. The molecule has 0 aromatic carbocycles. The van der Waals surface area contributed by atoms with Gasteiger partial charge >= 0.3 is 5.97 Å². The van der Waals surface area contributed by atoms with Crippen molar-refractivity contribution in [2.75, 3.05) is 0 Å². The van der Waals surface area contributed by atoms with Crippen molar-refractivity contribution in [1.82, 2.24) is 0 Å². The first kappa shape index (κ1) is 22.0. The molecular weight excluding hydrogens is 380 g/mol. The molecule has 7 atom stereocenters. The number of ketones is 1. The van der Waals surface area contributed by atoms with Crippen molar-refractivity contribution in [3.05, 3.63) is 11.6 Å². The van der Waals surface area contributed by atoms with E-state index in [1.807, 2.05) is 20.8 Å². The van der Waals surface area contributed by atoms with Crippen molar-refractivity contribution in [1.29, 1.82) is 0 Å². The Kier molecular flexibility index (Phi) is 5.46. The van der Waals surface area contributed by atoms with Crippen molar-refractivity contribution in [2.45, 2.75) is 104 Å². The second-order valence-corrected chi connectivity index (χ2v) is 11.5. The van der Waals surface area contributed by atoms with Crippen molar-refractivity contribution in [2.24, 2.45) is 28.6 Å². The predicted molar refractivity (Wildman–Crippen MR) is 113 cm³/mol. The third-order valence-electron chi connectivity index (χ3n) is 8.51. The zero-order valence-electron chi connectivity index (χ0n) is 19.5. The molecule has 0 heterocycles. The predicted octanol–water partition coefficient (Wildman–Crippen LogP) is 5.18. The Morgan fingerprint density at radius 3 is 2.40 bits per heavy atom. The summed E-state index contributed by atoms with van der Waals surface area (Å²) in [7, 11) is 0. The first-order valence-corrected chi connectivity index (χ1v) is 11.7. The van der Waals surface area contributed by atoms with Crippen LogP contribution in [0.25, 0.3) is 0 Å². The van der Waals surface area contributed by atoms with Gasteiger partial charge in [0, 0.05) is 25.2 Å². The number of esters is 1. The monoisotopic (exact) mass is 418 g/mol. The Hall–Kier alpha value is -1.20. The highest BCUT2D eigenvalue weighted by Gasteiger charge is 2.61. The summed E-state index contributed by atoms with van der Waals surface area (Å²) in [6.07, 6.45) is 8.41.